The number of carbonyl (C=O) groups excluding carboxylic acids is 2. The predicted octanol–water partition coefficient (Wildman–Crippen LogP) is 4.21. The lowest BCUT2D eigenvalue weighted by molar-refractivity contribution is -0.384. The van der Waals surface area contributed by atoms with Gasteiger partial charge in [0.25, 0.3) is 5.69 Å². The van der Waals surface area contributed by atoms with E-state index in [1.165, 1.54) is 29.7 Å². The molecule has 0 spiro atoms. The second-order valence-electron chi connectivity index (χ2n) is 6.24. The Bertz CT molecular complexity index is 1270. The topological polar surface area (TPSA) is 104 Å². The first-order valence-electron chi connectivity index (χ1n) is 8.43. The minimum atomic E-state index is -0.713. The van der Waals surface area contributed by atoms with Gasteiger partial charge in [0.15, 0.2) is 5.70 Å². The first-order chi connectivity index (χ1) is 13.8. The number of halogens is 1. The molecule has 29 heavy (non-hydrogen) atoms. The van der Waals surface area contributed by atoms with Crippen molar-refractivity contribution in [2.75, 3.05) is 0 Å². The molecule has 9 heteroatoms. The van der Waals surface area contributed by atoms with Crippen LogP contribution in [0.2, 0.25) is 5.02 Å². The van der Waals surface area contributed by atoms with E-state index >= 15 is 0 Å². The van der Waals surface area contributed by atoms with E-state index in [9.17, 15) is 19.7 Å². The minimum absolute atomic E-state index is 0.0141. The SMILES string of the molecule is CC(=O)n1c(/C=C2/N=C(c3ccc([N+](=O)[O-])cc3Cl)OC2=O)cc2ccccc21. The number of nitrogens with zero attached hydrogens (tertiary/aromatic N) is 3. The third kappa shape index (κ3) is 3.30. The van der Waals surface area contributed by atoms with E-state index in [0.29, 0.717) is 11.2 Å². The van der Waals surface area contributed by atoms with Crippen molar-refractivity contribution in [3.05, 3.63) is 80.6 Å². The van der Waals surface area contributed by atoms with Gasteiger partial charge in [-0.3, -0.25) is 19.5 Å². The number of cyclic esters (lactones) is 1. The summed E-state index contributed by atoms with van der Waals surface area (Å²) >= 11 is 6.08. The number of nitro benzene ring substituents is 1. The van der Waals surface area contributed by atoms with E-state index in [0.717, 1.165) is 11.5 Å². The van der Waals surface area contributed by atoms with Gasteiger partial charge in [0.2, 0.25) is 11.8 Å². The van der Waals surface area contributed by atoms with E-state index < -0.39 is 10.9 Å². The van der Waals surface area contributed by atoms with E-state index in [1.807, 2.05) is 18.2 Å². The molecule has 144 valence electrons. The number of esters is 1. The number of aliphatic imine (C=N–C) groups is 1. The number of benzene rings is 2. The Hall–Kier alpha value is -3.78. The fraction of sp³-hybridized carbons (Fsp3) is 0.0500. The molecule has 8 nitrogen and oxygen atoms in total. The Morgan fingerprint density at radius 1 is 1.24 bits per heavy atom. The number of nitro groups is 1. The van der Waals surface area contributed by atoms with Crippen molar-refractivity contribution in [3.63, 3.8) is 0 Å². The summed E-state index contributed by atoms with van der Waals surface area (Å²) in [5.74, 6) is -0.992. The molecule has 0 unspecified atom stereocenters. The summed E-state index contributed by atoms with van der Waals surface area (Å²) in [5, 5.41) is 11.7. The van der Waals surface area contributed by atoms with Crippen LogP contribution in [0.1, 0.15) is 23.0 Å². The lowest BCUT2D eigenvalue weighted by Gasteiger charge is -2.02. The summed E-state index contributed by atoms with van der Waals surface area (Å²) in [6, 6.07) is 12.9. The molecule has 3 aromatic rings. The van der Waals surface area contributed by atoms with Gasteiger partial charge in [0.1, 0.15) is 0 Å². The van der Waals surface area contributed by atoms with Gasteiger partial charge in [0.05, 0.1) is 26.7 Å². The zero-order valence-corrected chi connectivity index (χ0v) is 15.7. The van der Waals surface area contributed by atoms with Crippen LogP contribution < -0.4 is 0 Å². The summed E-state index contributed by atoms with van der Waals surface area (Å²) in [5.41, 5.74) is 1.23. The Morgan fingerprint density at radius 3 is 2.69 bits per heavy atom. The van der Waals surface area contributed by atoms with Gasteiger partial charge in [0, 0.05) is 24.4 Å². The van der Waals surface area contributed by atoms with Gasteiger partial charge in [-0.15, -0.1) is 0 Å². The number of non-ortho nitro benzene ring substituents is 1. The molecule has 4 rings (SSSR count). The number of hydrogen-bond acceptors (Lipinski definition) is 6. The summed E-state index contributed by atoms with van der Waals surface area (Å²) in [6.45, 7) is 1.42. The van der Waals surface area contributed by atoms with Crippen molar-refractivity contribution in [3.8, 4) is 0 Å². The average Bonchev–Trinajstić information content (AvgIpc) is 3.22. The maximum absolute atomic E-state index is 12.3. The van der Waals surface area contributed by atoms with E-state index in [1.54, 1.807) is 12.1 Å². The Labute approximate surface area is 168 Å². The van der Waals surface area contributed by atoms with Crippen LogP contribution in [0.4, 0.5) is 5.69 Å². The van der Waals surface area contributed by atoms with Crippen LogP contribution in [0, 0.1) is 10.1 Å². The van der Waals surface area contributed by atoms with Crippen molar-refractivity contribution in [1.82, 2.24) is 4.57 Å². The molecule has 2 heterocycles. The zero-order valence-electron chi connectivity index (χ0n) is 15.0. The van der Waals surface area contributed by atoms with E-state index in [2.05, 4.69) is 4.99 Å². The van der Waals surface area contributed by atoms with Crippen molar-refractivity contribution in [2.45, 2.75) is 6.92 Å². The van der Waals surface area contributed by atoms with Gasteiger partial charge in [-0.05, 0) is 24.3 Å². The molecule has 0 aliphatic carbocycles. The van der Waals surface area contributed by atoms with E-state index in [4.69, 9.17) is 16.3 Å². The van der Waals surface area contributed by atoms with Crippen LogP contribution in [-0.4, -0.2) is 27.3 Å². The van der Waals surface area contributed by atoms with Gasteiger partial charge in [-0.1, -0.05) is 29.8 Å². The molecule has 0 N–H and O–H groups in total. The number of para-hydroxylation sites is 1. The van der Waals surface area contributed by atoms with Gasteiger partial charge in [-0.2, -0.15) is 0 Å². The Balaban J connectivity index is 1.78. The molecule has 1 aliphatic heterocycles. The second kappa shape index (κ2) is 6.99. The lowest BCUT2D eigenvalue weighted by atomic mass is 10.2. The third-order valence-corrected chi connectivity index (χ3v) is 4.67. The summed E-state index contributed by atoms with van der Waals surface area (Å²) in [7, 11) is 0. The molecule has 2 aromatic carbocycles. The normalized spacial score (nSPS) is 14.9. The molecule has 0 bridgehead atoms. The molecule has 0 fully saturated rings. The van der Waals surface area contributed by atoms with Crippen molar-refractivity contribution >= 4 is 52.0 Å². The molecule has 0 saturated heterocycles. The maximum Gasteiger partial charge on any atom is 0.363 e. The maximum atomic E-state index is 12.3. The lowest BCUT2D eigenvalue weighted by Crippen LogP contribution is -2.08. The summed E-state index contributed by atoms with van der Waals surface area (Å²) in [6.07, 6.45) is 1.45. The summed E-state index contributed by atoms with van der Waals surface area (Å²) in [4.78, 5) is 38.9. The third-order valence-electron chi connectivity index (χ3n) is 4.35. The molecule has 0 amide bonds. The highest BCUT2D eigenvalue weighted by Crippen LogP contribution is 2.28. The highest BCUT2D eigenvalue weighted by Gasteiger charge is 2.27. The molecule has 1 aliphatic rings. The molecule has 1 aromatic heterocycles. The van der Waals surface area contributed by atoms with Crippen LogP contribution in [0.5, 0.6) is 0 Å². The van der Waals surface area contributed by atoms with E-state index in [-0.39, 0.29) is 33.8 Å². The zero-order chi connectivity index (χ0) is 20.7. The average molecular weight is 410 g/mol. The molecule has 0 saturated carbocycles. The monoisotopic (exact) mass is 409 g/mol. The number of carbonyl (C=O) groups is 2. The Morgan fingerprint density at radius 2 is 2.00 bits per heavy atom. The first-order valence-corrected chi connectivity index (χ1v) is 8.81. The van der Waals surface area contributed by atoms with Gasteiger partial charge >= 0.3 is 5.97 Å². The highest BCUT2D eigenvalue weighted by atomic mass is 35.5. The van der Waals surface area contributed by atoms with Crippen molar-refractivity contribution in [1.29, 1.82) is 0 Å². The molecule has 0 radical (unpaired) electrons. The van der Waals surface area contributed by atoms with Crippen molar-refractivity contribution in [2.24, 2.45) is 4.99 Å². The van der Waals surface area contributed by atoms with Gasteiger partial charge in [-0.25, -0.2) is 9.79 Å². The minimum Gasteiger partial charge on any atom is -0.402 e. The molecular formula is C20H12ClN3O5. The largest absolute Gasteiger partial charge is 0.402 e. The standard InChI is InChI=1S/C20H12ClN3O5/c1-11(25)23-14(8-12-4-2-3-5-18(12)23)10-17-20(26)29-19(22-17)15-7-6-13(24(27)28)9-16(15)21/h2-10H,1H3/b17-10+. The van der Waals surface area contributed by atoms with Crippen molar-refractivity contribution < 1.29 is 19.2 Å². The number of hydrogen-bond donors (Lipinski definition) is 0. The van der Waals surface area contributed by atoms with Crippen LogP contribution in [-0.2, 0) is 9.53 Å². The molecular weight excluding hydrogens is 398 g/mol. The highest BCUT2D eigenvalue weighted by molar-refractivity contribution is 6.34. The fourth-order valence-corrected chi connectivity index (χ4v) is 3.34. The smallest absolute Gasteiger partial charge is 0.363 e. The van der Waals surface area contributed by atoms with Crippen LogP contribution in [0.3, 0.4) is 0 Å². The fourth-order valence-electron chi connectivity index (χ4n) is 3.09. The summed E-state index contributed by atoms with van der Waals surface area (Å²) < 4.78 is 6.66. The van der Waals surface area contributed by atoms with Crippen LogP contribution >= 0.6 is 11.6 Å². The number of aromatic nitrogens is 1. The number of fused-ring (bicyclic) bond motifs is 1. The van der Waals surface area contributed by atoms with Gasteiger partial charge < -0.3 is 4.74 Å². The van der Waals surface area contributed by atoms with Crippen LogP contribution in [0.25, 0.3) is 17.0 Å². The number of ether oxygens (including phenoxy) is 1. The first kappa shape index (κ1) is 18.6. The quantitative estimate of drug-likeness (QED) is 0.279. The predicted molar refractivity (Wildman–Crippen MR) is 107 cm³/mol. The Kier molecular flexibility index (Phi) is 4.48. The molecule has 0 atom stereocenters. The number of rotatable bonds is 3. The van der Waals surface area contributed by atoms with Crippen LogP contribution in [0.15, 0.2) is 59.2 Å². The second-order valence-corrected chi connectivity index (χ2v) is 6.65.